The second-order valence-corrected chi connectivity index (χ2v) is 5.04. The summed E-state index contributed by atoms with van der Waals surface area (Å²) in [4.78, 5) is 0. The molecule has 0 unspecified atom stereocenters. The quantitative estimate of drug-likeness (QED) is 0.848. The Morgan fingerprint density at radius 1 is 1.59 bits per heavy atom. The number of hydrogen-bond acceptors (Lipinski definition) is 3. The normalized spacial score (nSPS) is 22.6. The van der Waals surface area contributed by atoms with E-state index >= 15 is 0 Å². The number of hydrogen-bond donors (Lipinski definition) is 1. The van der Waals surface area contributed by atoms with Crippen LogP contribution in [-0.2, 0) is 11.3 Å². The Labute approximate surface area is 103 Å². The fourth-order valence-electron chi connectivity index (χ4n) is 2.21. The average molecular weight is 237 g/mol. The summed E-state index contributed by atoms with van der Waals surface area (Å²) in [5.74, 6) is 0. The van der Waals surface area contributed by atoms with Crippen molar-refractivity contribution >= 4 is 0 Å². The molecule has 2 heterocycles. The van der Waals surface area contributed by atoms with Gasteiger partial charge in [-0.15, -0.1) is 0 Å². The molecule has 2 atom stereocenters. The Morgan fingerprint density at radius 2 is 2.47 bits per heavy atom. The fourth-order valence-corrected chi connectivity index (χ4v) is 2.21. The van der Waals surface area contributed by atoms with Gasteiger partial charge in [-0.1, -0.05) is 0 Å². The number of aryl methyl sites for hydroxylation is 1. The predicted molar refractivity (Wildman–Crippen MR) is 68.0 cm³/mol. The summed E-state index contributed by atoms with van der Waals surface area (Å²) >= 11 is 0. The lowest BCUT2D eigenvalue weighted by molar-refractivity contribution is 0.0153. The van der Waals surface area contributed by atoms with Crippen molar-refractivity contribution in [1.82, 2.24) is 15.1 Å². The van der Waals surface area contributed by atoms with Gasteiger partial charge in [0.2, 0.25) is 0 Å². The molecule has 1 fully saturated rings. The predicted octanol–water partition coefficient (Wildman–Crippen LogP) is 1.74. The number of rotatable bonds is 5. The molecule has 0 aromatic carbocycles. The van der Waals surface area contributed by atoms with Gasteiger partial charge in [0.1, 0.15) is 0 Å². The van der Waals surface area contributed by atoms with Crippen molar-refractivity contribution in [2.24, 2.45) is 0 Å². The van der Waals surface area contributed by atoms with Crippen molar-refractivity contribution in [2.75, 3.05) is 13.2 Å². The van der Waals surface area contributed by atoms with E-state index in [4.69, 9.17) is 4.74 Å². The lowest BCUT2D eigenvalue weighted by Crippen LogP contribution is -2.38. The van der Waals surface area contributed by atoms with Crippen molar-refractivity contribution in [3.05, 3.63) is 18.0 Å². The highest BCUT2D eigenvalue weighted by atomic mass is 16.5. The molecule has 1 aromatic rings. The highest BCUT2D eigenvalue weighted by Crippen LogP contribution is 2.11. The van der Waals surface area contributed by atoms with Crippen LogP contribution < -0.4 is 5.32 Å². The van der Waals surface area contributed by atoms with Crippen LogP contribution in [0.1, 0.15) is 31.7 Å². The molecule has 96 valence electrons. The molecule has 4 nitrogen and oxygen atoms in total. The molecule has 1 aromatic heterocycles. The molecular weight excluding hydrogens is 214 g/mol. The molecule has 0 spiro atoms. The Hall–Kier alpha value is -0.870. The lowest BCUT2D eigenvalue weighted by Gasteiger charge is -2.24. The van der Waals surface area contributed by atoms with Gasteiger partial charge in [0.15, 0.2) is 0 Å². The minimum absolute atomic E-state index is 0.408. The standard InChI is InChI=1S/C13H23N3O/c1-11-7-15-16(9-11)10-12(2)14-8-13-5-3-4-6-17-13/h7,9,12-14H,3-6,8,10H2,1-2H3/t12-,13-/m0/s1. The highest BCUT2D eigenvalue weighted by Gasteiger charge is 2.14. The SMILES string of the molecule is Cc1cnn(C[C@H](C)NC[C@@H]2CCCCO2)c1. The Morgan fingerprint density at radius 3 is 3.12 bits per heavy atom. The van der Waals surface area contributed by atoms with Gasteiger partial charge >= 0.3 is 0 Å². The van der Waals surface area contributed by atoms with E-state index in [2.05, 4.69) is 30.5 Å². The third-order valence-electron chi connectivity index (χ3n) is 3.19. The smallest absolute Gasteiger partial charge is 0.0699 e. The molecule has 0 aliphatic carbocycles. The fraction of sp³-hybridized carbons (Fsp3) is 0.769. The van der Waals surface area contributed by atoms with Crippen LogP contribution in [0.25, 0.3) is 0 Å². The van der Waals surface area contributed by atoms with E-state index in [9.17, 15) is 0 Å². The summed E-state index contributed by atoms with van der Waals surface area (Å²) in [7, 11) is 0. The lowest BCUT2D eigenvalue weighted by atomic mass is 10.1. The van der Waals surface area contributed by atoms with Crippen LogP contribution in [0.2, 0.25) is 0 Å². The van der Waals surface area contributed by atoms with Crippen molar-refractivity contribution in [3.63, 3.8) is 0 Å². The largest absolute Gasteiger partial charge is 0.377 e. The van der Waals surface area contributed by atoms with E-state index in [1.54, 1.807) is 0 Å². The molecule has 4 heteroatoms. The summed E-state index contributed by atoms with van der Waals surface area (Å²) in [5, 5.41) is 7.82. The summed E-state index contributed by atoms with van der Waals surface area (Å²) < 4.78 is 7.69. The number of aromatic nitrogens is 2. The Kier molecular flexibility index (Phi) is 4.57. The van der Waals surface area contributed by atoms with Crippen LogP contribution in [0.5, 0.6) is 0 Å². The van der Waals surface area contributed by atoms with E-state index < -0.39 is 0 Å². The zero-order valence-electron chi connectivity index (χ0n) is 10.9. The maximum Gasteiger partial charge on any atom is 0.0699 e. The van der Waals surface area contributed by atoms with Crippen molar-refractivity contribution in [3.8, 4) is 0 Å². The second-order valence-electron chi connectivity index (χ2n) is 5.04. The molecule has 1 N–H and O–H groups in total. The molecular formula is C13H23N3O. The van der Waals surface area contributed by atoms with E-state index in [-0.39, 0.29) is 0 Å². The summed E-state index contributed by atoms with van der Waals surface area (Å²) in [6, 6.07) is 0.430. The van der Waals surface area contributed by atoms with Crippen LogP contribution in [0.4, 0.5) is 0 Å². The summed E-state index contributed by atoms with van der Waals surface area (Å²) in [6.07, 6.45) is 8.11. The maximum absolute atomic E-state index is 5.70. The molecule has 0 saturated carbocycles. The third-order valence-corrected chi connectivity index (χ3v) is 3.19. The Bertz CT molecular complexity index is 331. The molecule has 1 aliphatic rings. The third kappa shape index (κ3) is 4.13. The van der Waals surface area contributed by atoms with E-state index in [1.807, 2.05) is 10.9 Å². The van der Waals surface area contributed by atoms with Gasteiger partial charge in [0.25, 0.3) is 0 Å². The van der Waals surface area contributed by atoms with E-state index in [0.717, 1.165) is 19.7 Å². The molecule has 1 saturated heterocycles. The molecule has 2 rings (SSSR count). The summed E-state index contributed by atoms with van der Waals surface area (Å²) in [6.45, 7) is 7.07. The Balaban J connectivity index is 1.68. The highest BCUT2D eigenvalue weighted by molar-refractivity contribution is 4.99. The molecule has 17 heavy (non-hydrogen) atoms. The number of nitrogens with one attached hydrogen (secondary N) is 1. The maximum atomic E-state index is 5.70. The van der Waals surface area contributed by atoms with Gasteiger partial charge in [0, 0.05) is 25.4 Å². The number of ether oxygens (including phenoxy) is 1. The van der Waals surface area contributed by atoms with Crippen LogP contribution in [0.15, 0.2) is 12.4 Å². The van der Waals surface area contributed by atoms with E-state index in [1.165, 1.54) is 24.8 Å². The van der Waals surface area contributed by atoms with Crippen LogP contribution >= 0.6 is 0 Å². The van der Waals surface area contributed by atoms with Crippen molar-refractivity contribution in [1.29, 1.82) is 0 Å². The molecule has 1 aliphatic heterocycles. The van der Waals surface area contributed by atoms with Gasteiger partial charge < -0.3 is 10.1 Å². The first kappa shape index (κ1) is 12.6. The van der Waals surface area contributed by atoms with Crippen LogP contribution in [0.3, 0.4) is 0 Å². The van der Waals surface area contributed by atoms with E-state index in [0.29, 0.717) is 12.1 Å². The van der Waals surface area contributed by atoms with Gasteiger partial charge in [-0.2, -0.15) is 5.10 Å². The minimum Gasteiger partial charge on any atom is -0.377 e. The number of nitrogens with zero attached hydrogens (tertiary/aromatic N) is 2. The molecule has 0 radical (unpaired) electrons. The monoisotopic (exact) mass is 237 g/mol. The van der Waals surface area contributed by atoms with Gasteiger partial charge in [-0.25, -0.2) is 0 Å². The molecule has 0 amide bonds. The zero-order valence-corrected chi connectivity index (χ0v) is 10.9. The van der Waals surface area contributed by atoms with Gasteiger partial charge in [-0.3, -0.25) is 4.68 Å². The average Bonchev–Trinajstić information content (AvgIpc) is 2.73. The first-order chi connectivity index (χ1) is 8.24. The topological polar surface area (TPSA) is 39.1 Å². The first-order valence-electron chi connectivity index (χ1n) is 6.58. The van der Waals surface area contributed by atoms with Gasteiger partial charge in [-0.05, 0) is 38.7 Å². The minimum atomic E-state index is 0.408. The van der Waals surface area contributed by atoms with Gasteiger partial charge in [0.05, 0.1) is 18.8 Å². The first-order valence-corrected chi connectivity index (χ1v) is 6.58. The second kappa shape index (κ2) is 6.17. The zero-order chi connectivity index (χ0) is 12.1. The summed E-state index contributed by atoms with van der Waals surface area (Å²) in [5.41, 5.74) is 1.22. The molecule has 0 bridgehead atoms. The van der Waals surface area contributed by atoms with Crippen molar-refractivity contribution in [2.45, 2.75) is 51.8 Å². The van der Waals surface area contributed by atoms with Crippen LogP contribution in [0, 0.1) is 6.92 Å². The van der Waals surface area contributed by atoms with Crippen LogP contribution in [-0.4, -0.2) is 35.1 Å². The van der Waals surface area contributed by atoms with Crippen molar-refractivity contribution < 1.29 is 4.74 Å².